The van der Waals surface area contributed by atoms with Crippen molar-refractivity contribution in [1.82, 2.24) is 9.80 Å². The van der Waals surface area contributed by atoms with E-state index in [2.05, 4.69) is 0 Å². The SMILES string of the molecule is CN(C)CCCN1C(=O)c2c(F)cc(F)cc2C1C#N. The fourth-order valence-electron chi connectivity index (χ4n) is 2.39. The van der Waals surface area contributed by atoms with Gasteiger partial charge in [-0.2, -0.15) is 5.26 Å². The second-order valence-corrected chi connectivity index (χ2v) is 5.04. The Bertz CT molecular complexity index is 581. The van der Waals surface area contributed by atoms with Crippen LogP contribution in [0.1, 0.15) is 28.4 Å². The van der Waals surface area contributed by atoms with Crippen molar-refractivity contribution in [3.63, 3.8) is 0 Å². The van der Waals surface area contributed by atoms with Crippen molar-refractivity contribution in [3.05, 3.63) is 34.9 Å². The van der Waals surface area contributed by atoms with E-state index in [-0.39, 0.29) is 11.1 Å². The monoisotopic (exact) mass is 279 g/mol. The molecular weight excluding hydrogens is 264 g/mol. The minimum Gasteiger partial charge on any atom is -0.318 e. The van der Waals surface area contributed by atoms with E-state index in [9.17, 15) is 18.8 Å². The Morgan fingerprint density at radius 1 is 1.40 bits per heavy atom. The molecule has 1 aromatic rings. The Morgan fingerprint density at radius 2 is 2.10 bits per heavy atom. The molecule has 4 nitrogen and oxygen atoms in total. The van der Waals surface area contributed by atoms with Crippen LogP contribution in [0.4, 0.5) is 8.78 Å². The molecule has 0 radical (unpaired) electrons. The van der Waals surface area contributed by atoms with Gasteiger partial charge in [0.15, 0.2) is 0 Å². The average molecular weight is 279 g/mol. The molecule has 0 saturated heterocycles. The van der Waals surface area contributed by atoms with Gasteiger partial charge in [-0.15, -0.1) is 0 Å². The Morgan fingerprint density at radius 3 is 2.70 bits per heavy atom. The number of amides is 1. The Labute approximate surface area is 116 Å². The van der Waals surface area contributed by atoms with Crippen molar-refractivity contribution < 1.29 is 13.6 Å². The first-order chi connectivity index (χ1) is 9.45. The van der Waals surface area contributed by atoms with Crippen LogP contribution >= 0.6 is 0 Å². The van der Waals surface area contributed by atoms with Crippen LogP contribution in [0.5, 0.6) is 0 Å². The van der Waals surface area contributed by atoms with Crippen molar-refractivity contribution >= 4 is 5.91 Å². The van der Waals surface area contributed by atoms with Gasteiger partial charge in [0.05, 0.1) is 11.6 Å². The number of carbonyl (C=O) groups is 1. The summed E-state index contributed by atoms with van der Waals surface area (Å²) in [6, 6.07) is 2.78. The molecule has 20 heavy (non-hydrogen) atoms. The van der Waals surface area contributed by atoms with Crippen molar-refractivity contribution in [2.24, 2.45) is 0 Å². The van der Waals surface area contributed by atoms with E-state index in [1.54, 1.807) is 0 Å². The number of hydrogen-bond donors (Lipinski definition) is 0. The largest absolute Gasteiger partial charge is 0.318 e. The quantitative estimate of drug-likeness (QED) is 0.846. The van der Waals surface area contributed by atoms with Crippen LogP contribution in [0.25, 0.3) is 0 Å². The number of rotatable bonds is 4. The highest BCUT2D eigenvalue weighted by Crippen LogP contribution is 2.35. The average Bonchev–Trinajstić information content (AvgIpc) is 2.61. The Balaban J connectivity index is 2.28. The summed E-state index contributed by atoms with van der Waals surface area (Å²) in [5, 5.41) is 9.19. The maximum atomic E-state index is 13.7. The van der Waals surface area contributed by atoms with Crippen molar-refractivity contribution in [3.8, 4) is 6.07 Å². The third-order valence-corrected chi connectivity index (χ3v) is 3.29. The maximum absolute atomic E-state index is 13.7. The van der Waals surface area contributed by atoms with E-state index in [0.717, 1.165) is 12.6 Å². The first-order valence-corrected chi connectivity index (χ1v) is 6.30. The second-order valence-electron chi connectivity index (χ2n) is 5.04. The van der Waals surface area contributed by atoms with Gasteiger partial charge >= 0.3 is 0 Å². The van der Waals surface area contributed by atoms with Gasteiger partial charge in [-0.1, -0.05) is 0 Å². The zero-order chi connectivity index (χ0) is 14.9. The number of carbonyl (C=O) groups excluding carboxylic acids is 1. The summed E-state index contributed by atoms with van der Waals surface area (Å²) in [4.78, 5) is 15.4. The van der Waals surface area contributed by atoms with Crippen molar-refractivity contribution in [2.45, 2.75) is 12.5 Å². The Hall–Kier alpha value is -2.00. The summed E-state index contributed by atoms with van der Waals surface area (Å²) < 4.78 is 27.0. The predicted octanol–water partition coefficient (Wildman–Crippen LogP) is 1.94. The zero-order valence-electron chi connectivity index (χ0n) is 11.4. The summed E-state index contributed by atoms with van der Waals surface area (Å²) in [7, 11) is 3.80. The van der Waals surface area contributed by atoms with Crippen molar-refractivity contribution in [1.29, 1.82) is 5.26 Å². The molecule has 0 N–H and O–H groups in total. The lowest BCUT2D eigenvalue weighted by atomic mass is 10.0. The molecule has 1 aliphatic heterocycles. The maximum Gasteiger partial charge on any atom is 0.258 e. The fraction of sp³-hybridized carbons (Fsp3) is 0.429. The molecule has 0 aliphatic carbocycles. The number of hydrogen-bond acceptors (Lipinski definition) is 3. The first-order valence-electron chi connectivity index (χ1n) is 6.30. The molecule has 0 bridgehead atoms. The summed E-state index contributed by atoms with van der Waals surface area (Å²) in [6.45, 7) is 1.08. The summed E-state index contributed by atoms with van der Waals surface area (Å²) in [6.07, 6.45) is 0.662. The lowest BCUT2D eigenvalue weighted by Crippen LogP contribution is -2.30. The van der Waals surface area contributed by atoms with Crippen LogP contribution in [0.15, 0.2) is 12.1 Å². The van der Waals surface area contributed by atoms with Gasteiger partial charge < -0.3 is 9.80 Å². The minimum absolute atomic E-state index is 0.125. The van der Waals surface area contributed by atoms with E-state index in [1.165, 1.54) is 4.90 Å². The summed E-state index contributed by atoms with van der Waals surface area (Å²) in [5.74, 6) is -2.22. The number of fused-ring (bicyclic) bond motifs is 1. The highest BCUT2D eigenvalue weighted by atomic mass is 19.1. The predicted molar refractivity (Wildman–Crippen MR) is 68.9 cm³/mol. The second kappa shape index (κ2) is 5.55. The molecule has 1 aliphatic rings. The third kappa shape index (κ3) is 2.49. The first kappa shape index (κ1) is 14.4. The highest BCUT2D eigenvalue weighted by molar-refractivity contribution is 6.00. The van der Waals surface area contributed by atoms with Crippen LogP contribution in [0, 0.1) is 23.0 Å². The molecule has 0 fully saturated rings. The topological polar surface area (TPSA) is 47.3 Å². The standard InChI is InChI=1S/C14H15F2N3O/c1-18(2)4-3-5-19-12(8-17)10-6-9(15)7-11(16)13(10)14(19)20/h6-7,12H,3-5H2,1-2H3. The smallest absolute Gasteiger partial charge is 0.258 e. The molecule has 1 atom stereocenters. The lowest BCUT2D eigenvalue weighted by Gasteiger charge is -2.20. The zero-order valence-corrected chi connectivity index (χ0v) is 11.4. The fourth-order valence-corrected chi connectivity index (χ4v) is 2.39. The summed E-state index contributed by atoms with van der Waals surface area (Å²) >= 11 is 0. The number of halogens is 2. The number of nitrogens with zero attached hydrogens (tertiary/aromatic N) is 3. The Kier molecular flexibility index (Phi) is 4.00. The van der Waals surface area contributed by atoms with Gasteiger partial charge in [-0.25, -0.2) is 8.78 Å². The van der Waals surface area contributed by atoms with E-state index < -0.39 is 23.6 Å². The molecule has 0 spiro atoms. The number of nitriles is 1. The van der Waals surface area contributed by atoms with E-state index >= 15 is 0 Å². The molecule has 106 valence electrons. The highest BCUT2D eigenvalue weighted by Gasteiger charge is 2.39. The van der Waals surface area contributed by atoms with E-state index in [1.807, 2.05) is 25.1 Å². The van der Waals surface area contributed by atoms with E-state index in [0.29, 0.717) is 19.0 Å². The van der Waals surface area contributed by atoms with Crippen LogP contribution < -0.4 is 0 Å². The molecular formula is C14H15F2N3O. The molecule has 1 aromatic carbocycles. The van der Waals surface area contributed by atoms with Gasteiger partial charge in [0.2, 0.25) is 0 Å². The molecule has 1 unspecified atom stereocenters. The molecule has 0 aromatic heterocycles. The van der Waals surface area contributed by atoms with Gasteiger partial charge in [0.25, 0.3) is 5.91 Å². The van der Waals surface area contributed by atoms with Crippen LogP contribution in [-0.4, -0.2) is 42.9 Å². The number of benzene rings is 1. The molecule has 6 heteroatoms. The van der Waals surface area contributed by atoms with Gasteiger partial charge in [0.1, 0.15) is 17.7 Å². The van der Waals surface area contributed by atoms with Gasteiger partial charge in [-0.3, -0.25) is 4.79 Å². The molecule has 1 heterocycles. The van der Waals surface area contributed by atoms with Crippen LogP contribution in [0.3, 0.4) is 0 Å². The molecule has 2 rings (SSSR count). The molecule has 1 amide bonds. The van der Waals surface area contributed by atoms with E-state index in [4.69, 9.17) is 0 Å². The summed E-state index contributed by atoms with van der Waals surface area (Å²) in [5.41, 5.74) is -0.0531. The normalized spacial score (nSPS) is 17.5. The van der Waals surface area contributed by atoms with Crippen LogP contribution in [0.2, 0.25) is 0 Å². The molecule has 0 saturated carbocycles. The minimum atomic E-state index is -0.912. The van der Waals surface area contributed by atoms with Crippen LogP contribution in [-0.2, 0) is 0 Å². The van der Waals surface area contributed by atoms with Gasteiger partial charge in [-0.05, 0) is 33.1 Å². The third-order valence-electron chi connectivity index (χ3n) is 3.29. The lowest BCUT2D eigenvalue weighted by molar-refractivity contribution is 0.0749. The van der Waals surface area contributed by atoms with Crippen molar-refractivity contribution in [2.75, 3.05) is 27.2 Å². The van der Waals surface area contributed by atoms with Gasteiger partial charge in [0, 0.05) is 18.2 Å².